The molecule has 33 heavy (non-hydrogen) atoms. The van der Waals surface area contributed by atoms with E-state index in [4.69, 9.17) is 27.6 Å². The summed E-state index contributed by atoms with van der Waals surface area (Å²) in [6.45, 7) is 0.260. The van der Waals surface area contributed by atoms with Gasteiger partial charge in [-0.1, -0.05) is 41.4 Å². The van der Waals surface area contributed by atoms with Crippen molar-refractivity contribution in [2.24, 2.45) is 0 Å². The Bertz CT molecular complexity index is 1410. The van der Waals surface area contributed by atoms with Gasteiger partial charge in [0.25, 0.3) is 11.7 Å². The first-order valence-corrected chi connectivity index (χ1v) is 11.0. The number of Topliss-reactive ketones (excluding diaryl/α,β-unsaturated/α-hetero) is 1. The van der Waals surface area contributed by atoms with Gasteiger partial charge in [-0.15, -0.1) is 0 Å². The van der Waals surface area contributed by atoms with Crippen LogP contribution in [0.15, 0.2) is 77.0 Å². The number of carbonyl (C=O) groups is 2. The van der Waals surface area contributed by atoms with E-state index >= 15 is 0 Å². The third-order valence-electron chi connectivity index (χ3n) is 5.84. The van der Waals surface area contributed by atoms with Crippen molar-refractivity contribution in [2.75, 3.05) is 6.54 Å². The van der Waals surface area contributed by atoms with E-state index in [-0.39, 0.29) is 28.5 Å². The standard InChI is InChI=1S/C25H18Cl2N2O4/c26-17-8-7-14(12-18(17)27)23(30)21-22(20-6-3-11-33-20)29(25(32)24(21)31)10-9-15-13-28-19-5-2-1-4-16(15)19/h1-8,11-13,22,28,30H,9-10H2/b23-21-. The molecule has 2 aromatic heterocycles. The molecule has 2 N–H and O–H groups in total. The number of amides is 1. The monoisotopic (exact) mass is 480 g/mol. The third-order valence-corrected chi connectivity index (χ3v) is 6.58. The zero-order valence-electron chi connectivity index (χ0n) is 17.2. The third kappa shape index (κ3) is 3.71. The van der Waals surface area contributed by atoms with Crippen LogP contribution in [0.5, 0.6) is 0 Å². The van der Waals surface area contributed by atoms with Gasteiger partial charge in [0.15, 0.2) is 0 Å². The molecule has 1 fully saturated rings. The summed E-state index contributed by atoms with van der Waals surface area (Å²) >= 11 is 12.1. The number of fused-ring (bicyclic) bond motifs is 1. The van der Waals surface area contributed by atoms with Crippen LogP contribution in [0.3, 0.4) is 0 Å². The number of H-pyrrole nitrogens is 1. The molecule has 1 aliphatic rings. The van der Waals surface area contributed by atoms with E-state index in [2.05, 4.69) is 4.98 Å². The number of aliphatic hydroxyl groups excluding tert-OH is 1. The van der Waals surface area contributed by atoms with Crippen molar-refractivity contribution in [3.05, 3.63) is 99.6 Å². The summed E-state index contributed by atoms with van der Waals surface area (Å²) in [6.07, 6.45) is 3.88. The lowest BCUT2D eigenvalue weighted by atomic mass is 9.99. The number of carbonyl (C=O) groups excluding carboxylic acids is 2. The first-order chi connectivity index (χ1) is 16.0. The molecule has 8 heteroatoms. The Hall–Kier alpha value is -3.48. The maximum atomic E-state index is 13.0. The minimum absolute atomic E-state index is 0.0488. The number of nitrogens with zero attached hydrogens (tertiary/aromatic N) is 1. The van der Waals surface area contributed by atoms with Crippen LogP contribution >= 0.6 is 23.2 Å². The van der Waals surface area contributed by atoms with Crippen molar-refractivity contribution in [1.29, 1.82) is 0 Å². The fraction of sp³-hybridized carbons (Fsp3) is 0.120. The van der Waals surface area contributed by atoms with Gasteiger partial charge in [0.05, 0.1) is 21.9 Å². The van der Waals surface area contributed by atoms with Gasteiger partial charge in [0.2, 0.25) is 0 Å². The van der Waals surface area contributed by atoms with Gasteiger partial charge in [0, 0.05) is 29.2 Å². The number of para-hydroxylation sites is 1. The minimum atomic E-state index is -0.861. The first-order valence-electron chi connectivity index (χ1n) is 10.3. The number of aromatic nitrogens is 1. The molecule has 3 heterocycles. The number of hydrogen-bond donors (Lipinski definition) is 2. The number of furan rings is 1. The molecular weight excluding hydrogens is 463 g/mol. The van der Waals surface area contributed by atoms with E-state index < -0.39 is 17.7 Å². The van der Waals surface area contributed by atoms with Gasteiger partial charge < -0.3 is 19.4 Å². The molecule has 4 aromatic rings. The fourth-order valence-electron chi connectivity index (χ4n) is 4.23. The van der Waals surface area contributed by atoms with E-state index in [1.165, 1.54) is 23.3 Å². The number of likely N-dealkylation sites (tertiary alicyclic amines) is 1. The summed E-state index contributed by atoms with van der Waals surface area (Å²) in [6, 6.07) is 14.9. The van der Waals surface area contributed by atoms with Crippen LogP contribution in [-0.2, 0) is 16.0 Å². The second kappa shape index (κ2) is 8.46. The fourth-order valence-corrected chi connectivity index (χ4v) is 4.53. The second-order valence-corrected chi connectivity index (χ2v) is 8.56. The molecule has 5 rings (SSSR count). The smallest absolute Gasteiger partial charge is 0.295 e. The number of benzene rings is 2. The van der Waals surface area contributed by atoms with Crippen LogP contribution in [0.1, 0.15) is 22.9 Å². The highest BCUT2D eigenvalue weighted by Crippen LogP contribution is 2.40. The van der Waals surface area contributed by atoms with E-state index in [1.807, 2.05) is 30.5 Å². The topological polar surface area (TPSA) is 86.5 Å². The molecule has 0 radical (unpaired) electrons. The van der Waals surface area contributed by atoms with Crippen molar-refractivity contribution in [3.8, 4) is 0 Å². The van der Waals surface area contributed by atoms with Crippen molar-refractivity contribution < 1.29 is 19.1 Å². The van der Waals surface area contributed by atoms with Crippen LogP contribution in [0.25, 0.3) is 16.7 Å². The first kappa shape index (κ1) is 21.4. The van der Waals surface area contributed by atoms with E-state index in [0.29, 0.717) is 17.2 Å². The lowest BCUT2D eigenvalue weighted by Crippen LogP contribution is -2.31. The van der Waals surface area contributed by atoms with Crippen LogP contribution in [0.4, 0.5) is 0 Å². The molecule has 1 unspecified atom stereocenters. The van der Waals surface area contributed by atoms with Crippen molar-refractivity contribution in [1.82, 2.24) is 9.88 Å². The number of halogens is 2. The summed E-state index contributed by atoms with van der Waals surface area (Å²) in [5.74, 6) is -1.42. The number of nitrogens with one attached hydrogen (secondary N) is 1. The molecule has 0 bridgehead atoms. The summed E-state index contributed by atoms with van der Waals surface area (Å²) < 4.78 is 5.57. The lowest BCUT2D eigenvalue weighted by Gasteiger charge is -2.23. The molecule has 1 atom stereocenters. The highest BCUT2D eigenvalue weighted by molar-refractivity contribution is 6.46. The number of aliphatic hydroxyl groups is 1. The molecule has 166 valence electrons. The van der Waals surface area contributed by atoms with E-state index in [1.54, 1.807) is 18.2 Å². The van der Waals surface area contributed by atoms with E-state index in [9.17, 15) is 14.7 Å². The highest BCUT2D eigenvalue weighted by Gasteiger charge is 2.47. The molecule has 0 aliphatic carbocycles. The van der Waals surface area contributed by atoms with Crippen LogP contribution in [-0.4, -0.2) is 33.2 Å². The predicted octanol–water partition coefficient (Wildman–Crippen LogP) is 5.73. The number of rotatable bonds is 5. The molecule has 2 aromatic carbocycles. The van der Waals surface area contributed by atoms with Crippen LogP contribution in [0, 0.1) is 0 Å². The molecule has 0 spiro atoms. The maximum absolute atomic E-state index is 13.0. The summed E-state index contributed by atoms with van der Waals surface area (Å²) in [5.41, 5.74) is 2.26. The average Bonchev–Trinajstić information content (AvgIpc) is 3.54. The van der Waals surface area contributed by atoms with Gasteiger partial charge in [-0.3, -0.25) is 9.59 Å². The predicted molar refractivity (Wildman–Crippen MR) is 126 cm³/mol. The normalized spacial score (nSPS) is 17.9. The Kier molecular flexibility index (Phi) is 5.48. The Labute approximate surface area is 199 Å². The molecule has 0 saturated carbocycles. The maximum Gasteiger partial charge on any atom is 0.295 e. The number of aromatic amines is 1. The van der Waals surface area contributed by atoms with Gasteiger partial charge in [-0.05, 0) is 48.4 Å². The summed E-state index contributed by atoms with van der Waals surface area (Å²) in [7, 11) is 0. The van der Waals surface area contributed by atoms with Crippen molar-refractivity contribution in [2.45, 2.75) is 12.5 Å². The highest BCUT2D eigenvalue weighted by atomic mass is 35.5. The largest absolute Gasteiger partial charge is 0.507 e. The zero-order valence-corrected chi connectivity index (χ0v) is 18.7. The molecule has 1 saturated heterocycles. The van der Waals surface area contributed by atoms with Crippen LogP contribution in [0.2, 0.25) is 10.0 Å². The van der Waals surface area contributed by atoms with Gasteiger partial charge >= 0.3 is 0 Å². The Balaban J connectivity index is 1.54. The summed E-state index contributed by atoms with van der Waals surface area (Å²) in [4.78, 5) is 30.7. The average molecular weight is 481 g/mol. The Morgan fingerprint density at radius 3 is 2.64 bits per heavy atom. The number of hydrogen-bond acceptors (Lipinski definition) is 4. The zero-order chi connectivity index (χ0) is 23.1. The molecular formula is C25H18Cl2N2O4. The minimum Gasteiger partial charge on any atom is -0.507 e. The van der Waals surface area contributed by atoms with Crippen LogP contribution < -0.4 is 0 Å². The summed E-state index contributed by atoms with van der Waals surface area (Å²) in [5, 5.41) is 12.6. The van der Waals surface area contributed by atoms with E-state index in [0.717, 1.165) is 16.5 Å². The molecule has 1 aliphatic heterocycles. The molecule has 1 amide bonds. The lowest BCUT2D eigenvalue weighted by molar-refractivity contribution is -0.140. The Morgan fingerprint density at radius 1 is 1.06 bits per heavy atom. The number of ketones is 1. The molecule has 6 nitrogen and oxygen atoms in total. The van der Waals surface area contributed by atoms with Crippen molar-refractivity contribution >= 4 is 51.6 Å². The van der Waals surface area contributed by atoms with Gasteiger partial charge in [-0.25, -0.2) is 0 Å². The van der Waals surface area contributed by atoms with Gasteiger partial charge in [0.1, 0.15) is 17.6 Å². The Morgan fingerprint density at radius 2 is 1.88 bits per heavy atom. The SMILES string of the molecule is O=C1C(=O)N(CCc2c[nH]c3ccccc23)C(c2ccco2)/C1=C(/O)c1ccc(Cl)c(Cl)c1. The van der Waals surface area contributed by atoms with Gasteiger partial charge in [-0.2, -0.15) is 0 Å². The van der Waals surface area contributed by atoms with Crippen molar-refractivity contribution in [3.63, 3.8) is 0 Å². The quantitative estimate of drug-likeness (QED) is 0.217. The second-order valence-electron chi connectivity index (χ2n) is 7.75.